The van der Waals surface area contributed by atoms with Gasteiger partial charge in [-0.25, -0.2) is 4.98 Å². The number of fused-ring (bicyclic) bond motifs is 1. The molecule has 0 N–H and O–H groups in total. The van der Waals surface area contributed by atoms with Crippen molar-refractivity contribution in [3.63, 3.8) is 0 Å². The summed E-state index contributed by atoms with van der Waals surface area (Å²) < 4.78 is 2.01. The van der Waals surface area contributed by atoms with Crippen molar-refractivity contribution in [3.05, 3.63) is 35.9 Å². The molecule has 0 bridgehead atoms. The van der Waals surface area contributed by atoms with Gasteiger partial charge in [-0.2, -0.15) is 5.26 Å². The number of nitriles is 1. The van der Waals surface area contributed by atoms with E-state index in [0.29, 0.717) is 11.6 Å². The molecule has 1 saturated carbocycles. The Labute approximate surface area is 111 Å². The number of carbonyl (C=O) groups excluding carboxylic acids is 1. The molecule has 0 spiro atoms. The van der Waals surface area contributed by atoms with E-state index in [9.17, 15) is 4.79 Å². The van der Waals surface area contributed by atoms with Crippen molar-refractivity contribution in [2.75, 3.05) is 0 Å². The maximum atomic E-state index is 12.0. The van der Waals surface area contributed by atoms with E-state index in [0.717, 1.165) is 24.2 Å². The zero-order valence-electron chi connectivity index (χ0n) is 10.7. The van der Waals surface area contributed by atoms with Crippen LogP contribution < -0.4 is 0 Å². The van der Waals surface area contributed by atoms with Crippen LogP contribution in [0.4, 0.5) is 0 Å². The molecule has 2 aromatic heterocycles. The van der Waals surface area contributed by atoms with Gasteiger partial charge >= 0.3 is 0 Å². The third kappa shape index (κ3) is 2.01. The third-order valence-corrected chi connectivity index (χ3v) is 3.80. The van der Waals surface area contributed by atoms with Crippen molar-refractivity contribution in [2.24, 2.45) is 0 Å². The van der Waals surface area contributed by atoms with Gasteiger partial charge in [0.1, 0.15) is 17.9 Å². The molecule has 3 rings (SSSR count). The summed E-state index contributed by atoms with van der Waals surface area (Å²) in [6.07, 6.45) is 6.59. The Balaban J connectivity index is 2.13. The molecule has 4 heteroatoms. The quantitative estimate of drug-likeness (QED) is 0.790. The summed E-state index contributed by atoms with van der Waals surface area (Å²) in [5.74, 6) is 1.24. The average Bonchev–Trinajstić information content (AvgIpc) is 3.06. The highest BCUT2D eigenvalue weighted by Crippen LogP contribution is 2.34. The van der Waals surface area contributed by atoms with Crippen LogP contribution in [0.2, 0.25) is 0 Å². The first-order chi connectivity index (χ1) is 9.31. The van der Waals surface area contributed by atoms with Crippen LogP contribution in [0.1, 0.15) is 54.3 Å². The molecule has 0 aliphatic heterocycles. The number of ketones is 1. The van der Waals surface area contributed by atoms with Crippen molar-refractivity contribution in [1.29, 1.82) is 5.26 Å². The molecule has 1 fully saturated rings. The largest absolute Gasteiger partial charge is 0.303 e. The van der Waals surface area contributed by atoms with Crippen LogP contribution in [-0.2, 0) is 0 Å². The second kappa shape index (κ2) is 4.85. The summed E-state index contributed by atoms with van der Waals surface area (Å²) in [6, 6.07) is 7.66. The van der Waals surface area contributed by atoms with Crippen molar-refractivity contribution < 1.29 is 4.79 Å². The molecule has 0 radical (unpaired) electrons. The van der Waals surface area contributed by atoms with Crippen LogP contribution in [0.5, 0.6) is 0 Å². The molecule has 0 aromatic carbocycles. The van der Waals surface area contributed by atoms with Crippen LogP contribution in [0.3, 0.4) is 0 Å². The molecule has 1 aliphatic rings. The molecule has 0 amide bonds. The van der Waals surface area contributed by atoms with Crippen molar-refractivity contribution in [3.8, 4) is 6.07 Å². The minimum Gasteiger partial charge on any atom is -0.303 e. The molecule has 0 atom stereocenters. The number of pyridine rings is 1. The zero-order chi connectivity index (χ0) is 13.2. The van der Waals surface area contributed by atoms with Gasteiger partial charge in [-0.15, -0.1) is 0 Å². The standard InChI is InChI=1S/C15H15N3O/c16-9-8-13(19)14-12-7-3-4-10-18(12)15(17-14)11-5-1-2-6-11/h3-4,7,10-11H,1-2,5-6,8H2. The average molecular weight is 253 g/mol. The van der Waals surface area contributed by atoms with Gasteiger partial charge in [-0.3, -0.25) is 4.79 Å². The Morgan fingerprint density at radius 2 is 2.21 bits per heavy atom. The molecule has 0 saturated heterocycles. The van der Waals surface area contributed by atoms with E-state index < -0.39 is 0 Å². The Bertz CT molecular complexity index is 660. The number of imidazole rings is 1. The maximum absolute atomic E-state index is 12.0. The number of hydrogen-bond donors (Lipinski definition) is 0. The Morgan fingerprint density at radius 1 is 1.42 bits per heavy atom. The minimum atomic E-state index is -0.185. The topological polar surface area (TPSA) is 58.2 Å². The van der Waals surface area contributed by atoms with Crippen LogP contribution in [-0.4, -0.2) is 15.2 Å². The zero-order valence-corrected chi connectivity index (χ0v) is 10.7. The first kappa shape index (κ1) is 11.9. The molecule has 2 aromatic rings. The fraction of sp³-hybridized carbons (Fsp3) is 0.400. The lowest BCUT2D eigenvalue weighted by Crippen LogP contribution is -2.00. The molecule has 96 valence electrons. The lowest BCUT2D eigenvalue weighted by Gasteiger charge is -2.06. The Hall–Kier alpha value is -2.15. The van der Waals surface area contributed by atoms with E-state index in [1.54, 1.807) is 0 Å². The van der Waals surface area contributed by atoms with Gasteiger partial charge in [-0.1, -0.05) is 18.9 Å². The van der Waals surface area contributed by atoms with Crippen LogP contribution in [0, 0.1) is 11.3 Å². The van der Waals surface area contributed by atoms with Crippen LogP contribution in [0.15, 0.2) is 24.4 Å². The van der Waals surface area contributed by atoms with Crippen molar-refractivity contribution in [2.45, 2.75) is 38.0 Å². The summed E-state index contributed by atoms with van der Waals surface area (Å²) >= 11 is 0. The normalized spacial score (nSPS) is 15.7. The van der Waals surface area contributed by atoms with Gasteiger partial charge in [0, 0.05) is 12.1 Å². The van der Waals surface area contributed by atoms with Crippen molar-refractivity contribution in [1.82, 2.24) is 9.38 Å². The molecule has 2 heterocycles. The number of carbonyl (C=O) groups is 1. The first-order valence-electron chi connectivity index (χ1n) is 6.68. The van der Waals surface area contributed by atoms with Gasteiger partial charge in [0.15, 0.2) is 5.78 Å². The summed E-state index contributed by atoms with van der Waals surface area (Å²) in [4.78, 5) is 16.5. The Kier molecular flexibility index (Phi) is 3.04. The first-order valence-corrected chi connectivity index (χ1v) is 6.68. The van der Waals surface area contributed by atoms with E-state index >= 15 is 0 Å². The number of aromatic nitrogens is 2. The van der Waals surface area contributed by atoms with Crippen molar-refractivity contribution >= 4 is 11.3 Å². The molecular weight excluding hydrogens is 238 g/mol. The maximum Gasteiger partial charge on any atom is 0.197 e. The van der Waals surface area contributed by atoms with Crippen LogP contribution >= 0.6 is 0 Å². The van der Waals surface area contributed by atoms with E-state index in [4.69, 9.17) is 5.26 Å². The number of hydrogen-bond acceptors (Lipinski definition) is 3. The predicted octanol–water partition coefficient (Wildman–Crippen LogP) is 3.09. The van der Waals surface area contributed by atoms with E-state index in [1.165, 1.54) is 12.8 Å². The minimum absolute atomic E-state index is 0.105. The number of nitrogens with zero attached hydrogens (tertiary/aromatic N) is 3. The van der Waals surface area contributed by atoms with Gasteiger partial charge in [0.05, 0.1) is 11.6 Å². The molecule has 4 nitrogen and oxygen atoms in total. The summed E-state index contributed by atoms with van der Waals surface area (Å²) in [6.45, 7) is 0. The molecule has 19 heavy (non-hydrogen) atoms. The van der Waals surface area contributed by atoms with Gasteiger partial charge in [0.25, 0.3) is 0 Å². The van der Waals surface area contributed by atoms with Gasteiger partial charge in [-0.05, 0) is 25.0 Å². The van der Waals surface area contributed by atoms with Crippen LogP contribution in [0.25, 0.3) is 5.52 Å². The van der Waals surface area contributed by atoms with E-state index in [1.807, 2.05) is 34.9 Å². The third-order valence-electron chi connectivity index (χ3n) is 3.80. The van der Waals surface area contributed by atoms with Gasteiger partial charge in [0.2, 0.25) is 0 Å². The number of rotatable bonds is 3. The SMILES string of the molecule is N#CCC(=O)c1nc(C2CCCC2)n2ccccc12. The summed E-state index contributed by atoms with van der Waals surface area (Å²) in [7, 11) is 0. The fourth-order valence-corrected chi connectivity index (χ4v) is 2.89. The fourth-order valence-electron chi connectivity index (χ4n) is 2.89. The monoisotopic (exact) mass is 253 g/mol. The highest BCUT2D eigenvalue weighted by atomic mass is 16.1. The summed E-state index contributed by atoms with van der Waals surface area (Å²) in [5, 5.41) is 8.68. The highest BCUT2D eigenvalue weighted by molar-refractivity contribution is 6.01. The Morgan fingerprint density at radius 3 is 2.95 bits per heavy atom. The molecular formula is C15H15N3O. The lowest BCUT2D eigenvalue weighted by atomic mass is 10.1. The second-order valence-electron chi connectivity index (χ2n) is 5.01. The lowest BCUT2D eigenvalue weighted by molar-refractivity contribution is 0.0995. The van der Waals surface area contributed by atoms with Gasteiger partial charge < -0.3 is 4.40 Å². The van der Waals surface area contributed by atoms with E-state index in [-0.39, 0.29) is 12.2 Å². The summed E-state index contributed by atoms with van der Waals surface area (Å²) in [5.41, 5.74) is 1.27. The van der Waals surface area contributed by atoms with E-state index in [2.05, 4.69) is 4.98 Å². The smallest absolute Gasteiger partial charge is 0.197 e. The number of Topliss-reactive ketones (excluding diaryl/α,β-unsaturated/α-hetero) is 1. The highest BCUT2D eigenvalue weighted by Gasteiger charge is 2.25. The second-order valence-corrected chi connectivity index (χ2v) is 5.01. The predicted molar refractivity (Wildman–Crippen MR) is 71.0 cm³/mol. The molecule has 0 unspecified atom stereocenters. The molecule has 1 aliphatic carbocycles.